The molecular formula is C73H140F8N2O10. The maximum absolute atomic E-state index is 12.2. The topological polar surface area (TPSA) is 125 Å². The highest BCUT2D eigenvalue weighted by Gasteiger charge is 2.40. The minimum atomic E-state index is -4.19. The zero-order valence-electron chi connectivity index (χ0n) is 62.8. The van der Waals surface area contributed by atoms with E-state index >= 15 is 0 Å². The summed E-state index contributed by atoms with van der Waals surface area (Å²) in [5.74, 6) is 1.60. The molecule has 0 aliphatic heterocycles. The number of allylic oxidation sites excluding steroid dienone is 2. The summed E-state index contributed by atoms with van der Waals surface area (Å²) >= 11 is 0. The highest BCUT2D eigenvalue weighted by molar-refractivity contribution is 5.78. The number of hydrogen-bond acceptors (Lipinski definition) is 12. The predicted octanol–water partition coefficient (Wildman–Crippen LogP) is 22.7. The van der Waals surface area contributed by atoms with Gasteiger partial charge in [0, 0.05) is 32.8 Å². The van der Waals surface area contributed by atoms with Gasteiger partial charge in [0.25, 0.3) is 0 Å². The molecule has 0 aromatic carbocycles. The molecule has 558 valence electrons. The van der Waals surface area contributed by atoms with Crippen LogP contribution >= 0.6 is 0 Å². The third-order valence-electron chi connectivity index (χ3n) is 12.9. The summed E-state index contributed by atoms with van der Waals surface area (Å²) in [5.41, 5.74) is 4.50. The van der Waals surface area contributed by atoms with Crippen molar-refractivity contribution in [2.24, 2.45) is 57.7 Å². The Morgan fingerprint density at radius 1 is 0.527 bits per heavy atom. The zero-order valence-corrected chi connectivity index (χ0v) is 62.8. The van der Waals surface area contributed by atoms with Crippen LogP contribution in [0.25, 0.3) is 0 Å². The van der Waals surface area contributed by atoms with Crippen LogP contribution in [0.3, 0.4) is 0 Å². The monoisotopic (exact) mass is 1360 g/mol. The number of unbranched alkanes of at least 4 members (excludes halogenated alkanes) is 1. The Kier molecular flexibility index (Phi) is 68.8. The molecule has 12 nitrogen and oxygen atoms in total. The number of alkyl halides is 8. The van der Waals surface area contributed by atoms with Gasteiger partial charge < -0.3 is 42.8 Å². The van der Waals surface area contributed by atoms with E-state index in [9.17, 15) is 39.9 Å². The fraction of sp³-hybridized carbons (Fsp3) is 0.904. The van der Waals surface area contributed by atoms with E-state index in [0.29, 0.717) is 32.0 Å². The molecule has 0 saturated heterocycles. The molecule has 0 N–H and O–H groups in total. The molecule has 20 heteroatoms. The molecular weight excluding hydrogens is 1220 g/mol. The lowest BCUT2D eigenvalue weighted by Crippen LogP contribution is -2.26. The standard InChI is InChI=1S/C10H18O3.C9H16O.C8H16O.C7H12F4.C7H13FO.C7H13NO.C7H14O.C7H16.C6H11F3O.C5H11NO/c1-8(2)13-10(11)12-7-6-9-4-3-5-9;1-8(2)5-6-10-7-9-3-4-9;1-7(2)9-6-8-4-3-5-8;1-5(2)3-4-7(10,11)6(8)9;1-7(2)3-5-9-6-4-8;1-6(2)8-9-5-7-3-4-7;1-6(2)8-5-7-3-4-7;1-4-5-6-7(2)3;1-5(2)3-10-4-6(7,8)9;1-4-7-6-5(2)3/h8-9H,3-7H2,1-2H3;5,9H,3-4,6-7H2,1-2H3;7-8H,3-6H2,1-2H3;5-6H,3-4H2,1-2H3;3H,4-6H2,1-2H3;7H,3-5H2,1-2H3;6-7H,3-5H2,1-2H3;7H,4-6H2,1-3H3;5H,3-4H2,1-2H3;4H2,1-3H3. The zero-order chi connectivity index (χ0) is 72.2. The van der Waals surface area contributed by atoms with Crippen molar-refractivity contribution in [3.8, 4) is 0 Å². The third kappa shape index (κ3) is 95.4. The molecule has 0 aromatic rings. The molecule has 0 spiro atoms. The van der Waals surface area contributed by atoms with Crippen LogP contribution in [0.15, 0.2) is 33.6 Å². The summed E-state index contributed by atoms with van der Waals surface area (Å²) in [4.78, 5) is 20.6. The minimum Gasteiger partial charge on any atom is -0.434 e. The predicted molar refractivity (Wildman–Crippen MR) is 370 cm³/mol. The van der Waals surface area contributed by atoms with Crippen LogP contribution in [0.4, 0.5) is 39.9 Å². The average molecular weight is 1360 g/mol. The molecule has 0 atom stereocenters. The lowest BCUT2D eigenvalue weighted by Gasteiger charge is -2.25. The van der Waals surface area contributed by atoms with E-state index in [1.807, 2.05) is 68.4 Å². The number of carbonyl (C=O) groups excluding carboxylic acids is 1. The molecule has 5 fully saturated rings. The van der Waals surface area contributed by atoms with E-state index in [4.69, 9.17) is 33.3 Å². The molecule has 0 amide bonds. The second kappa shape index (κ2) is 64.9. The SMILES string of the molecule is CC(C)=CCOCC1CC1.CC(C)=CCOCCF.CC(C)=NOCC1CC1.CC(C)CCC(F)(F)C(F)F.CC(C)COCC(F)(F)F.CC(C)OC(=O)OCCC1CCC1.CC(C)OCC1CC1.CC(C)OCC1CCC1.CCCCC(C)C.CCON=C(C)C. The van der Waals surface area contributed by atoms with Crippen molar-refractivity contribution in [2.45, 2.75) is 305 Å². The smallest absolute Gasteiger partial charge is 0.434 e. The average Bonchev–Trinajstić information content (AvgIpc) is 2.73. The second-order valence-corrected chi connectivity index (χ2v) is 27.5. The summed E-state index contributed by atoms with van der Waals surface area (Å²) in [7, 11) is 0. The molecule has 5 saturated carbocycles. The van der Waals surface area contributed by atoms with Crippen molar-refractivity contribution in [1.82, 2.24) is 0 Å². The van der Waals surface area contributed by atoms with Gasteiger partial charge in [-0.2, -0.15) is 13.2 Å². The summed E-state index contributed by atoms with van der Waals surface area (Å²) in [5, 5.41) is 7.48. The molecule has 5 aliphatic carbocycles. The maximum Gasteiger partial charge on any atom is 0.508 e. The van der Waals surface area contributed by atoms with Crippen LogP contribution in [-0.4, -0.2) is 134 Å². The molecule has 5 aliphatic rings. The Hall–Kier alpha value is -3.07. The number of rotatable bonds is 33. The first-order chi connectivity index (χ1) is 43.4. The molecule has 0 heterocycles. The second-order valence-electron chi connectivity index (χ2n) is 27.5. The normalized spacial score (nSPS) is 14.7. The molecule has 0 unspecified atom stereocenters. The fourth-order valence-electron chi connectivity index (χ4n) is 6.39. The van der Waals surface area contributed by atoms with Gasteiger partial charge in [0.2, 0.25) is 0 Å². The Labute approximate surface area is 563 Å². The largest absolute Gasteiger partial charge is 0.508 e. The van der Waals surface area contributed by atoms with Crippen molar-refractivity contribution < 1.29 is 82.8 Å². The number of halogens is 8. The molecule has 0 aromatic heterocycles. The third-order valence-corrected chi connectivity index (χ3v) is 12.9. The van der Waals surface area contributed by atoms with Crippen LogP contribution in [0.5, 0.6) is 0 Å². The highest BCUT2D eigenvalue weighted by atomic mass is 19.4. The van der Waals surface area contributed by atoms with Gasteiger partial charge in [-0.25, -0.2) is 26.7 Å². The van der Waals surface area contributed by atoms with E-state index in [1.165, 1.54) is 107 Å². The van der Waals surface area contributed by atoms with Crippen LogP contribution in [-0.2, 0) is 42.8 Å². The number of nitrogens with zero attached hydrogens (tertiary/aromatic N) is 2. The lowest BCUT2D eigenvalue weighted by atomic mass is 9.83. The first-order valence-electron chi connectivity index (χ1n) is 35.0. The summed E-state index contributed by atoms with van der Waals surface area (Å²) in [6.45, 7) is 48.7. The summed E-state index contributed by atoms with van der Waals surface area (Å²) in [6.07, 6.45) is 17.5. The van der Waals surface area contributed by atoms with E-state index in [0.717, 1.165) is 86.4 Å². The lowest BCUT2D eigenvalue weighted by molar-refractivity contribution is -0.175. The Morgan fingerprint density at radius 3 is 1.29 bits per heavy atom. The summed E-state index contributed by atoms with van der Waals surface area (Å²) < 4.78 is 128. The van der Waals surface area contributed by atoms with E-state index < -0.39 is 44.4 Å². The Bertz CT molecular complexity index is 1750. The van der Waals surface area contributed by atoms with Crippen molar-refractivity contribution in [3.05, 3.63) is 23.3 Å². The van der Waals surface area contributed by atoms with Crippen molar-refractivity contribution in [2.75, 3.05) is 79.4 Å². The first kappa shape index (κ1) is 98.6. The van der Waals surface area contributed by atoms with Gasteiger partial charge in [-0.05, 0) is 215 Å². The number of hydrogen-bond donors (Lipinski definition) is 0. The van der Waals surface area contributed by atoms with Gasteiger partial charge in [-0.15, -0.1) is 0 Å². The van der Waals surface area contributed by atoms with Gasteiger partial charge >= 0.3 is 24.7 Å². The van der Waals surface area contributed by atoms with E-state index in [-0.39, 0.29) is 37.6 Å². The maximum atomic E-state index is 12.2. The minimum absolute atomic E-state index is 0.0413. The van der Waals surface area contributed by atoms with Gasteiger partial charge in [0.15, 0.2) is 0 Å². The van der Waals surface area contributed by atoms with Crippen LogP contribution in [0, 0.1) is 47.3 Å². The van der Waals surface area contributed by atoms with E-state index in [2.05, 4.69) is 88.3 Å². The molecule has 93 heavy (non-hydrogen) atoms. The summed E-state index contributed by atoms with van der Waals surface area (Å²) in [6, 6.07) is 0. The van der Waals surface area contributed by atoms with Gasteiger partial charge in [0.05, 0.1) is 56.2 Å². The molecule has 0 bridgehead atoms. The van der Waals surface area contributed by atoms with Crippen LogP contribution in [0.2, 0.25) is 0 Å². The number of carbonyl (C=O) groups is 1. The first-order valence-corrected chi connectivity index (χ1v) is 35.0. The number of oxime groups is 2. The highest BCUT2D eigenvalue weighted by Crippen LogP contribution is 2.32. The van der Waals surface area contributed by atoms with Crippen molar-refractivity contribution in [3.63, 3.8) is 0 Å². The van der Waals surface area contributed by atoms with Crippen LogP contribution < -0.4 is 0 Å². The van der Waals surface area contributed by atoms with Gasteiger partial charge in [-0.3, -0.25) is 0 Å². The fourth-order valence-corrected chi connectivity index (χ4v) is 6.39. The molecule has 5 rings (SSSR count). The Morgan fingerprint density at radius 2 is 0.968 bits per heavy atom. The Balaban J connectivity index is -0.000000310. The van der Waals surface area contributed by atoms with Gasteiger partial charge in [0.1, 0.15) is 26.5 Å². The quantitative estimate of drug-likeness (QED) is 0.0157. The van der Waals surface area contributed by atoms with Gasteiger partial charge in [-0.1, -0.05) is 127 Å². The van der Waals surface area contributed by atoms with Crippen LogP contribution in [0.1, 0.15) is 268 Å². The number of ether oxygens (including phenoxy) is 7. The van der Waals surface area contributed by atoms with Crippen molar-refractivity contribution in [1.29, 1.82) is 0 Å². The van der Waals surface area contributed by atoms with Crippen molar-refractivity contribution >= 4 is 17.6 Å². The molecule has 0 radical (unpaired) electrons. The van der Waals surface area contributed by atoms with E-state index in [1.54, 1.807) is 27.7 Å².